The molecule has 1 aromatic rings. The number of rotatable bonds is 4. The maximum absolute atomic E-state index is 13.0. The molecule has 1 fully saturated rings. The topological polar surface area (TPSA) is 55.1 Å². The molecule has 0 radical (unpaired) electrons. The number of hydrogen-bond donors (Lipinski definition) is 2. The zero-order valence-corrected chi connectivity index (χ0v) is 8.95. The number of amides is 1. The SMILES string of the molecule is NC(=O)C(Cc1cccc(F)c1)C1CNC1. The van der Waals surface area contributed by atoms with Gasteiger partial charge in [-0.05, 0) is 43.1 Å². The molecule has 1 atom stereocenters. The first kappa shape index (κ1) is 11.1. The molecule has 0 bridgehead atoms. The van der Waals surface area contributed by atoms with Gasteiger partial charge in [-0.2, -0.15) is 0 Å². The van der Waals surface area contributed by atoms with Crippen molar-refractivity contribution in [2.24, 2.45) is 17.6 Å². The molecule has 1 amide bonds. The van der Waals surface area contributed by atoms with Crippen molar-refractivity contribution in [3.63, 3.8) is 0 Å². The number of nitrogens with one attached hydrogen (secondary N) is 1. The van der Waals surface area contributed by atoms with Crippen LogP contribution in [0.4, 0.5) is 4.39 Å². The highest BCUT2D eigenvalue weighted by molar-refractivity contribution is 5.77. The Labute approximate surface area is 93.8 Å². The molecule has 3 nitrogen and oxygen atoms in total. The predicted octanol–water partition coefficient (Wildman–Crippen LogP) is 0.689. The molecule has 0 spiro atoms. The van der Waals surface area contributed by atoms with Crippen molar-refractivity contribution in [3.05, 3.63) is 35.6 Å². The molecule has 1 heterocycles. The van der Waals surface area contributed by atoms with Crippen LogP contribution in [0.3, 0.4) is 0 Å². The third kappa shape index (κ3) is 2.39. The van der Waals surface area contributed by atoms with Crippen LogP contribution in [0.25, 0.3) is 0 Å². The summed E-state index contributed by atoms with van der Waals surface area (Å²) in [6.07, 6.45) is 0.527. The van der Waals surface area contributed by atoms with Crippen molar-refractivity contribution in [2.45, 2.75) is 6.42 Å². The van der Waals surface area contributed by atoms with Gasteiger partial charge in [0, 0.05) is 5.92 Å². The van der Waals surface area contributed by atoms with Crippen molar-refractivity contribution >= 4 is 5.91 Å². The predicted molar refractivity (Wildman–Crippen MR) is 59.1 cm³/mol. The molecule has 1 aromatic carbocycles. The van der Waals surface area contributed by atoms with Crippen LogP contribution in [0.1, 0.15) is 5.56 Å². The Morgan fingerprint density at radius 1 is 1.56 bits per heavy atom. The van der Waals surface area contributed by atoms with E-state index in [0.717, 1.165) is 18.7 Å². The van der Waals surface area contributed by atoms with Crippen molar-refractivity contribution in [1.82, 2.24) is 5.32 Å². The molecular formula is C12H15FN2O. The molecule has 1 saturated heterocycles. The second-order valence-electron chi connectivity index (χ2n) is 4.26. The fourth-order valence-electron chi connectivity index (χ4n) is 2.01. The van der Waals surface area contributed by atoms with E-state index in [9.17, 15) is 9.18 Å². The van der Waals surface area contributed by atoms with E-state index >= 15 is 0 Å². The monoisotopic (exact) mass is 222 g/mol. The van der Waals surface area contributed by atoms with Crippen LogP contribution in [0.15, 0.2) is 24.3 Å². The van der Waals surface area contributed by atoms with Gasteiger partial charge in [-0.3, -0.25) is 4.79 Å². The minimum absolute atomic E-state index is 0.192. The molecule has 16 heavy (non-hydrogen) atoms. The van der Waals surface area contributed by atoms with Gasteiger partial charge in [-0.15, -0.1) is 0 Å². The van der Waals surface area contributed by atoms with Crippen LogP contribution < -0.4 is 11.1 Å². The summed E-state index contributed by atoms with van der Waals surface area (Å²) in [7, 11) is 0. The van der Waals surface area contributed by atoms with Crippen molar-refractivity contribution in [2.75, 3.05) is 13.1 Å². The van der Waals surface area contributed by atoms with Crippen molar-refractivity contribution in [3.8, 4) is 0 Å². The summed E-state index contributed by atoms with van der Waals surface area (Å²) in [5.41, 5.74) is 6.20. The number of carbonyl (C=O) groups excluding carboxylic acids is 1. The average molecular weight is 222 g/mol. The molecule has 0 aromatic heterocycles. The summed E-state index contributed by atoms with van der Waals surface area (Å²) < 4.78 is 13.0. The number of hydrogen-bond acceptors (Lipinski definition) is 2. The molecule has 1 unspecified atom stereocenters. The van der Waals surface area contributed by atoms with Gasteiger partial charge in [0.05, 0.1) is 0 Å². The Bertz CT molecular complexity index is 390. The second-order valence-corrected chi connectivity index (χ2v) is 4.26. The van der Waals surface area contributed by atoms with Crippen LogP contribution in [-0.2, 0) is 11.2 Å². The molecule has 3 N–H and O–H groups in total. The molecule has 86 valence electrons. The van der Waals surface area contributed by atoms with E-state index in [1.807, 2.05) is 6.07 Å². The van der Waals surface area contributed by atoms with Gasteiger partial charge in [0.1, 0.15) is 5.82 Å². The fourth-order valence-corrected chi connectivity index (χ4v) is 2.01. The highest BCUT2D eigenvalue weighted by atomic mass is 19.1. The first-order valence-electron chi connectivity index (χ1n) is 5.41. The highest BCUT2D eigenvalue weighted by Gasteiger charge is 2.31. The van der Waals surface area contributed by atoms with Gasteiger partial charge in [0.2, 0.25) is 5.91 Å². The maximum Gasteiger partial charge on any atom is 0.221 e. The van der Waals surface area contributed by atoms with E-state index in [-0.39, 0.29) is 17.6 Å². The van der Waals surface area contributed by atoms with E-state index < -0.39 is 0 Å². The van der Waals surface area contributed by atoms with Crippen LogP contribution in [0.2, 0.25) is 0 Å². The third-order valence-corrected chi connectivity index (χ3v) is 3.09. The van der Waals surface area contributed by atoms with Gasteiger partial charge >= 0.3 is 0 Å². The van der Waals surface area contributed by atoms with Crippen LogP contribution >= 0.6 is 0 Å². The lowest BCUT2D eigenvalue weighted by Gasteiger charge is -2.33. The van der Waals surface area contributed by atoms with Crippen molar-refractivity contribution < 1.29 is 9.18 Å². The maximum atomic E-state index is 13.0. The van der Waals surface area contributed by atoms with Crippen molar-refractivity contribution in [1.29, 1.82) is 0 Å². The van der Waals surface area contributed by atoms with E-state index in [1.165, 1.54) is 12.1 Å². The van der Waals surface area contributed by atoms with E-state index in [1.54, 1.807) is 6.07 Å². The molecule has 0 aliphatic carbocycles. The Hall–Kier alpha value is -1.42. The Morgan fingerprint density at radius 2 is 2.31 bits per heavy atom. The molecule has 0 saturated carbocycles. The first-order chi connectivity index (χ1) is 7.66. The largest absolute Gasteiger partial charge is 0.369 e. The van der Waals surface area contributed by atoms with Gasteiger partial charge < -0.3 is 11.1 Å². The summed E-state index contributed by atoms with van der Waals surface area (Å²) in [6.45, 7) is 1.64. The normalized spacial score (nSPS) is 17.8. The number of nitrogens with two attached hydrogens (primary N) is 1. The minimum atomic E-state index is -0.296. The number of primary amides is 1. The molecule has 2 rings (SSSR count). The second kappa shape index (κ2) is 4.61. The zero-order valence-electron chi connectivity index (χ0n) is 8.95. The number of carbonyl (C=O) groups is 1. The highest BCUT2D eigenvalue weighted by Crippen LogP contribution is 2.21. The van der Waals surface area contributed by atoms with Gasteiger partial charge in [-0.1, -0.05) is 12.1 Å². The lowest BCUT2D eigenvalue weighted by molar-refractivity contribution is -0.124. The Kier molecular flexibility index (Phi) is 3.19. The first-order valence-corrected chi connectivity index (χ1v) is 5.41. The van der Waals surface area contributed by atoms with E-state index in [2.05, 4.69) is 5.32 Å². The smallest absolute Gasteiger partial charge is 0.221 e. The van der Waals surface area contributed by atoms with Crippen LogP contribution in [-0.4, -0.2) is 19.0 Å². The van der Waals surface area contributed by atoms with E-state index in [4.69, 9.17) is 5.73 Å². The average Bonchev–Trinajstić information content (AvgIpc) is 2.14. The standard InChI is InChI=1S/C12H15FN2O/c13-10-3-1-2-8(4-10)5-11(12(14)16)9-6-15-7-9/h1-4,9,11,15H,5-7H2,(H2,14,16). The molecule has 4 heteroatoms. The lowest BCUT2D eigenvalue weighted by Crippen LogP contribution is -2.50. The summed E-state index contributed by atoms with van der Waals surface area (Å²) >= 11 is 0. The van der Waals surface area contributed by atoms with Gasteiger partial charge in [0.25, 0.3) is 0 Å². The minimum Gasteiger partial charge on any atom is -0.369 e. The molecule has 1 aliphatic heterocycles. The molecule has 1 aliphatic rings. The third-order valence-electron chi connectivity index (χ3n) is 3.09. The lowest BCUT2D eigenvalue weighted by atomic mass is 9.82. The Morgan fingerprint density at radius 3 is 2.81 bits per heavy atom. The Balaban J connectivity index is 2.07. The van der Waals surface area contributed by atoms with Crippen LogP contribution in [0.5, 0.6) is 0 Å². The summed E-state index contributed by atoms with van der Waals surface area (Å²) in [5.74, 6) is -0.466. The molecular weight excluding hydrogens is 207 g/mol. The van der Waals surface area contributed by atoms with Crippen LogP contribution in [0, 0.1) is 17.7 Å². The van der Waals surface area contributed by atoms with E-state index in [0.29, 0.717) is 12.3 Å². The number of benzene rings is 1. The van der Waals surface area contributed by atoms with Gasteiger partial charge in [-0.25, -0.2) is 4.39 Å². The van der Waals surface area contributed by atoms with Gasteiger partial charge in [0.15, 0.2) is 0 Å². The summed E-state index contributed by atoms with van der Waals surface area (Å²) in [4.78, 5) is 11.3. The number of halogens is 1. The summed E-state index contributed by atoms with van der Waals surface area (Å²) in [6, 6.07) is 6.34. The fraction of sp³-hybridized carbons (Fsp3) is 0.417. The quantitative estimate of drug-likeness (QED) is 0.787. The zero-order chi connectivity index (χ0) is 11.5. The summed E-state index contributed by atoms with van der Waals surface area (Å²) in [5, 5.41) is 3.11.